The monoisotopic (exact) mass is 368 g/mol. The van der Waals surface area contributed by atoms with Crippen molar-refractivity contribution < 1.29 is 9.47 Å². The molecule has 1 atom stereocenters. The lowest BCUT2D eigenvalue weighted by Gasteiger charge is -2.29. The molecule has 0 fully saturated rings. The summed E-state index contributed by atoms with van der Waals surface area (Å²) in [5, 5.41) is 0. The highest BCUT2D eigenvalue weighted by Gasteiger charge is 2.22. The van der Waals surface area contributed by atoms with Gasteiger partial charge in [-0.05, 0) is 36.8 Å². The van der Waals surface area contributed by atoms with Crippen molar-refractivity contribution in [3.05, 3.63) is 10.2 Å². The molecule has 3 heteroatoms. The molecule has 0 saturated heterocycles. The molecule has 0 radical (unpaired) electrons. The lowest BCUT2D eigenvalue weighted by molar-refractivity contribution is -0.229. The van der Waals surface area contributed by atoms with E-state index < -0.39 is 5.79 Å². The SMILES string of the molecule is CCCCCC(/C=C\I)OC(C)(C)OCCCC. The van der Waals surface area contributed by atoms with Crippen LogP contribution in [0.5, 0.6) is 0 Å². The van der Waals surface area contributed by atoms with Gasteiger partial charge in [0.2, 0.25) is 0 Å². The van der Waals surface area contributed by atoms with Crippen LogP contribution < -0.4 is 0 Å². The lowest BCUT2D eigenvalue weighted by atomic mass is 10.1. The molecule has 0 rings (SSSR count). The van der Waals surface area contributed by atoms with Crippen LogP contribution in [-0.4, -0.2) is 18.5 Å². The number of unbranched alkanes of at least 4 members (excludes halogenated alkanes) is 3. The summed E-state index contributed by atoms with van der Waals surface area (Å²) in [6.07, 6.45) is 9.36. The van der Waals surface area contributed by atoms with Crippen molar-refractivity contribution in [2.24, 2.45) is 0 Å². The molecular weight excluding hydrogens is 339 g/mol. The molecule has 0 aromatic heterocycles. The van der Waals surface area contributed by atoms with E-state index in [2.05, 4.69) is 42.5 Å². The Morgan fingerprint density at radius 3 is 2.33 bits per heavy atom. The summed E-state index contributed by atoms with van der Waals surface area (Å²) < 4.78 is 13.9. The van der Waals surface area contributed by atoms with Gasteiger partial charge in [-0.3, -0.25) is 0 Å². The van der Waals surface area contributed by atoms with E-state index in [1.807, 2.05) is 17.9 Å². The van der Waals surface area contributed by atoms with Crippen molar-refractivity contribution in [2.45, 2.75) is 78.1 Å². The Hall–Kier alpha value is 0.390. The minimum absolute atomic E-state index is 0.171. The van der Waals surface area contributed by atoms with Crippen LogP contribution in [0.2, 0.25) is 0 Å². The second kappa shape index (κ2) is 11.2. The summed E-state index contributed by atoms with van der Waals surface area (Å²) in [6.45, 7) is 9.19. The third-order valence-corrected chi connectivity index (χ3v) is 3.18. The Morgan fingerprint density at radius 1 is 1.11 bits per heavy atom. The average Bonchev–Trinajstić information content (AvgIpc) is 2.29. The van der Waals surface area contributed by atoms with Crippen molar-refractivity contribution in [1.29, 1.82) is 0 Å². The summed E-state index contributed by atoms with van der Waals surface area (Å²) in [6, 6.07) is 0. The average molecular weight is 368 g/mol. The third-order valence-electron chi connectivity index (χ3n) is 2.76. The smallest absolute Gasteiger partial charge is 0.163 e. The van der Waals surface area contributed by atoms with Gasteiger partial charge in [0, 0.05) is 6.61 Å². The maximum absolute atomic E-state index is 6.06. The van der Waals surface area contributed by atoms with Gasteiger partial charge >= 0.3 is 0 Å². The standard InChI is InChI=1S/C15H29IO2/c1-5-7-9-10-14(11-12-16)18-15(3,4)17-13-8-6-2/h11-12,14H,5-10,13H2,1-4H3/b12-11-. The highest BCUT2D eigenvalue weighted by atomic mass is 127. The zero-order valence-corrected chi connectivity index (χ0v) is 14.5. The van der Waals surface area contributed by atoms with Crippen molar-refractivity contribution in [2.75, 3.05) is 6.61 Å². The quantitative estimate of drug-likeness (QED) is 0.274. The van der Waals surface area contributed by atoms with Gasteiger partial charge in [0.15, 0.2) is 5.79 Å². The van der Waals surface area contributed by atoms with Crippen LogP contribution in [0, 0.1) is 0 Å². The van der Waals surface area contributed by atoms with Crippen LogP contribution >= 0.6 is 22.6 Å². The largest absolute Gasteiger partial charge is 0.350 e. The van der Waals surface area contributed by atoms with E-state index in [1.54, 1.807) is 0 Å². The predicted molar refractivity (Wildman–Crippen MR) is 87.1 cm³/mol. The maximum Gasteiger partial charge on any atom is 0.163 e. The molecule has 0 N–H and O–H groups in total. The third kappa shape index (κ3) is 10.3. The number of hydrogen-bond donors (Lipinski definition) is 0. The van der Waals surface area contributed by atoms with E-state index in [0.29, 0.717) is 0 Å². The first-order chi connectivity index (χ1) is 8.55. The van der Waals surface area contributed by atoms with Gasteiger partial charge < -0.3 is 9.47 Å². The predicted octanol–water partition coefficient (Wildman–Crippen LogP) is 5.45. The van der Waals surface area contributed by atoms with Crippen LogP contribution in [0.3, 0.4) is 0 Å². The van der Waals surface area contributed by atoms with E-state index >= 15 is 0 Å². The Balaban J connectivity index is 4.10. The van der Waals surface area contributed by atoms with E-state index in [-0.39, 0.29) is 6.10 Å². The number of hydrogen-bond acceptors (Lipinski definition) is 2. The molecule has 0 aliphatic carbocycles. The first kappa shape index (κ1) is 18.4. The van der Waals surface area contributed by atoms with Crippen LogP contribution in [0.4, 0.5) is 0 Å². The van der Waals surface area contributed by atoms with E-state index in [4.69, 9.17) is 9.47 Å². The van der Waals surface area contributed by atoms with Crippen molar-refractivity contribution in [3.8, 4) is 0 Å². The Labute approximate surface area is 127 Å². The van der Waals surface area contributed by atoms with Gasteiger partial charge in [0.1, 0.15) is 0 Å². The number of halogens is 1. The summed E-state index contributed by atoms with van der Waals surface area (Å²) in [7, 11) is 0. The maximum atomic E-state index is 6.06. The molecule has 0 aliphatic heterocycles. The summed E-state index contributed by atoms with van der Waals surface area (Å²) in [5.41, 5.74) is 0. The van der Waals surface area contributed by atoms with Gasteiger partial charge in [-0.25, -0.2) is 0 Å². The number of ether oxygens (including phenoxy) is 2. The van der Waals surface area contributed by atoms with Gasteiger partial charge in [-0.15, -0.1) is 0 Å². The number of rotatable bonds is 11. The van der Waals surface area contributed by atoms with Gasteiger partial charge in [0.25, 0.3) is 0 Å². The second-order valence-electron chi connectivity index (χ2n) is 5.07. The lowest BCUT2D eigenvalue weighted by Crippen LogP contribution is -2.33. The molecular formula is C15H29IO2. The van der Waals surface area contributed by atoms with E-state index in [9.17, 15) is 0 Å². The van der Waals surface area contributed by atoms with E-state index in [0.717, 1.165) is 25.9 Å². The van der Waals surface area contributed by atoms with Gasteiger partial charge in [0.05, 0.1) is 6.10 Å². The molecule has 18 heavy (non-hydrogen) atoms. The zero-order valence-electron chi connectivity index (χ0n) is 12.4. The molecule has 0 aromatic rings. The van der Waals surface area contributed by atoms with Gasteiger partial charge in [-0.2, -0.15) is 0 Å². The normalized spacial score (nSPS) is 14.3. The first-order valence-electron chi connectivity index (χ1n) is 7.14. The highest BCUT2D eigenvalue weighted by molar-refractivity contribution is 14.1. The second-order valence-corrected chi connectivity index (χ2v) is 5.79. The fraction of sp³-hybridized carbons (Fsp3) is 0.867. The molecule has 0 spiro atoms. The molecule has 2 nitrogen and oxygen atoms in total. The molecule has 0 aliphatic rings. The molecule has 0 bridgehead atoms. The Kier molecular flexibility index (Phi) is 11.5. The highest BCUT2D eigenvalue weighted by Crippen LogP contribution is 2.19. The van der Waals surface area contributed by atoms with Crippen molar-refractivity contribution >= 4 is 22.6 Å². The summed E-state index contributed by atoms with van der Waals surface area (Å²) in [5.74, 6) is -0.484. The van der Waals surface area contributed by atoms with Crippen molar-refractivity contribution in [3.63, 3.8) is 0 Å². The molecule has 1 unspecified atom stereocenters. The molecule has 0 saturated carbocycles. The van der Waals surface area contributed by atoms with Crippen molar-refractivity contribution in [1.82, 2.24) is 0 Å². The molecule has 108 valence electrons. The molecule has 0 aromatic carbocycles. The van der Waals surface area contributed by atoms with Crippen LogP contribution in [0.25, 0.3) is 0 Å². The van der Waals surface area contributed by atoms with Crippen LogP contribution in [0.1, 0.15) is 66.2 Å². The van der Waals surface area contributed by atoms with E-state index in [1.165, 1.54) is 19.3 Å². The van der Waals surface area contributed by atoms with Crippen LogP contribution in [-0.2, 0) is 9.47 Å². The summed E-state index contributed by atoms with van der Waals surface area (Å²) in [4.78, 5) is 0. The topological polar surface area (TPSA) is 18.5 Å². The molecule has 0 heterocycles. The fourth-order valence-corrected chi connectivity index (χ4v) is 2.20. The summed E-state index contributed by atoms with van der Waals surface area (Å²) >= 11 is 2.25. The fourth-order valence-electron chi connectivity index (χ4n) is 1.73. The van der Waals surface area contributed by atoms with Gasteiger partial charge in [-0.1, -0.05) is 62.1 Å². The minimum atomic E-state index is -0.484. The van der Waals surface area contributed by atoms with Crippen LogP contribution in [0.15, 0.2) is 10.2 Å². The Morgan fingerprint density at radius 2 is 1.78 bits per heavy atom. The first-order valence-corrected chi connectivity index (χ1v) is 8.39. The zero-order chi connectivity index (χ0) is 13.9. The molecule has 0 amide bonds. The minimum Gasteiger partial charge on any atom is -0.350 e. The Bertz CT molecular complexity index is 215.